The Morgan fingerprint density at radius 3 is 0.966 bits per heavy atom. The van der Waals surface area contributed by atoms with Gasteiger partial charge in [0.15, 0.2) is 0 Å². The van der Waals surface area contributed by atoms with Crippen LogP contribution < -0.4 is 5.32 Å². The van der Waals surface area contributed by atoms with E-state index in [1.165, 1.54) is 141 Å². The van der Waals surface area contributed by atoms with Gasteiger partial charge in [-0.3, -0.25) is 0 Å². The van der Waals surface area contributed by atoms with Crippen molar-refractivity contribution in [2.24, 2.45) is 0 Å². The van der Waals surface area contributed by atoms with Gasteiger partial charge in [-0.15, -0.1) is 24.2 Å². The van der Waals surface area contributed by atoms with E-state index >= 15 is 0 Å². The third-order valence-electron chi connectivity index (χ3n) is 5.84. The number of rotatable bonds is 24. The van der Waals surface area contributed by atoms with E-state index in [0.717, 1.165) is 12.4 Å². The fraction of sp³-hybridized carbons (Fsp3) is 0.960. The highest BCUT2D eigenvalue weighted by molar-refractivity contribution is 8.11. The monoisotopic (exact) mass is 463 g/mol. The van der Waals surface area contributed by atoms with Crippen LogP contribution in [0.25, 0.3) is 0 Å². The summed E-state index contributed by atoms with van der Waals surface area (Å²) in [5.74, 6) is 0.840. The van der Waals surface area contributed by atoms with Crippen molar-refractivity contribution in [2.45, 2.75) is 141 Å². The summed E-state index contributed by atoms with van der Waals surface area (Å²) >= 11 is 14.6. The maximum atomic E-state index is 5.70. The van der Waals surface area contributed by atoms with Crippen LogP contribution in [0.5, 0.6) is 0 Å². The van der Waals surface area contributed by atoms with E-state index in [-0.39, 0.29) is 0 Å². The van der Waals surface area contributed by atoms with Gasteiger partial charge in [-0.2, -0.15) is 0 Å². The topological polar surface area (TPSA) is 12.0 Å². The molecular formula is C25H50ClNS2. The van der Waals surface area contributed by atoms with E-state index in [0.29, 0.717) is 4.32 Å². The molecule has 0 amide bonds. The molecular weight excluding hydrogens is 414 g/mol. The summed E-state index contributed by atoms with van der Waals surface area (Å²) in [5, 5.41) is 3.10. The van der Waals surface area contributed by atoms with E-state index in [4.69, 9.17) is 23.8 Å². The summed E-state index contributed by atoms with van der Waals surface area (Å²) in [6.07, 6.45) is 31.0. The van der Waals surface area contributed by atoms with Crippen LogP contribution in [0.1, 0.15) is 141 Å². The smallest absolute Gasteiger partial charge is 0.130 e. The van der Waals surface area contributed by atoms with Gasteiger partial charge < -0.3 is 5.32 Å². The maximum Gasteiger partial charge on any atom is 0.130 e. The quantitative estimate of drug-likeness (QED) is 0.0639. The second-order valence-corrected chi connectivity index (χ2v) is 10.2. The molecule has 0 spiro atoms. The molecule has 1 N–H and O–H groups in total. The minimum Gasteiger partial charge on any atom is -0.371 e. The van der Waals surface area contributed by atoms with Gasteiger partial charge in [0, 0.05) is 12.4 Å². The number of alkyl halides is 1. The Balaban J connectivity index is 2.99. The second kappa shape index (κ2) is 26.6. The van der Waals surface area contributed by atoms with E-state index in [1.54, 1.807) is 0 Å². The summed E-state index contributed by atoms with van der Waals surface area (Å²) in [5.41, 5.74) is 0. The minimum atomic E-state index is 0.626. The first kappa shape index (κ1) is 29.5. The summed E-state index contributed by atoms with van der Waals surface area (Å²) < 4.78 is 0.626. The molecule has 0 heterocycles. The van der Waals surface area contributed by atoms with Crippen molar-refractivity contribution in [2.75, 3.05) is 12.4 Å². The van der Waals surface area contributed by atoms with Gasteiger partial charge in [0.2, 0.25) is 0 Å². The summed E-state index contributed by atoms with van der Waals surface area (Å²) in [6.45, 7) is 0.984. The van der Waals surface area contributed by atoms with Crippen molar-refractivity contribution < 1.29 is 0 Å². The van der Waals surface area contributed by atoms with Crippen molar-refractivity contribution in [3.8, 4) is 0 Å². The molecule has 174 valence electrons. The fourth-order valence-electron chi connectivity index (χ4n) is 3.95. The van der Waals surface area contributed by atoms with Crippen LogP contribution in [0.2, 0.25) is 0 Å². The first-order valence-electron chi connectivity index (χ1n) is 12.8. The zero-order valence-electron chi connectivity index (χ0n) is 19.2. The third-order valence-corrected chi connectivity index (χ3v) is 6.41. The lowest BCUT2D eigenvalue weighted by atomic mass is 10.0. The van der Waals surface area contributed by atoms with Gasteiger partial charge in [-0.1, -0.05) is 141 Å². The highest BCUT2D eigenvalue weighted by Crippen LogP contribution is 2.15. The summed E-state index contributed by atoms with van der Waals surface area (Å²) in [4.78, 5) is 0. The molecule has 0 saturated carbocycles. The Morgan fingerprint density at radius 2 is 0.724 bits per heavy atom. The molecule has 0 radical (unpaired) electrons. The van der Waals surface area contributed by atoms with Gasteiger partial charge in [0.1, 0.15) is 4.32 Å². The zero-order chi connectivity index (χ0) is 21.3. The molecule has 0 aliphatic carbocycles. The molecule has 0 atom stereocenters. The highest BCUT2D eigenvalue weighted by Gasteiger charge is 1.96. The average Bonchev–Trinajstić information content (AvgIpc) is 2.71. The van der Waals surface area contributed by atoms with Gasteiger partial charge >= 0.3 is 0 Å². The molecule has 0 aromatic rings. The minimum absolute atomic E-state index is 0.626. The van der Waals surface area contributed by atoms with Gasteiger partial charge in [0.05, 0.1) is 0 Å². The molecule has 0 aromatic carbocycles. The lowest BCUT2D eigenvalue weighted by Crippen LogP contribution is -2.17. The van der Waals surface area contributed by atoms with Crippen molar-refractivity contribution in [1.29, 1.82) is 0 Å². The molecule has 0 fully saturated rings. The Kier molecular flexibility index (Phi) is 27.1. The number of halogens is 1. The number of thiol groups is 1. The summed E-state index contributed by atoms with van der Waals surface area (Å²) in [6, 6.07) is 0. The van der Waals surface area contributed by atoms with Crippen molar-refractivity contribution >= 4 is 40.8 Å². The molecule has 0 aromatic heterocycles. The van der Waals surface area contributed by atoms with E-state index in [2.05, 4.69) is 17.9 Å². The average molecular weight is 464 g/mol. The molecule has 29 heavy (non-hydrogen) atoms. The molecule has 1 nitrogen and oxygen atoms in total. The van der Waals surface area contributed by atoms with Gasteiger partial charge in [0.25, 0.3) is 0 Å². The molecule has 0 aliphatic rings. The Labute approximate surface area is 199 Å². The molecule has 0 rings (SSSR count). The molecule has 0 saturated heterocycles. The van der Waals surface area contributed by atoms with Crippen molar-refractivity contribution in [3.63, 3.8) is 0 Å². The number of hydrogen-bond acceptors (Lipinski definition) is 1. The van der Waals surface area contributed by atoms with E-state index in [9.17, 15) is 0 Å². The van der Waals surface area contributed by atoms with Crippen molar-refractivity contribution in [3.05, 3.63) is 0 Å². The van der Waals surface area contributed by atoms with Crippen LogP contribution in [0.15, 0.2) is 0 Å². The van der Waals surface area contributed by atoms with Crippen LogP contribution >= 0.6 is 36.4 Å². The maximum absolute atomic E-state index is 5.70. The van der Waals surface area contributed by atoms with E-state index < -0.39 is 0 Å². The molecule has 0 unspecified atom stereocenters. The SMILES string of the molecule is S=C(S)NCCCCCCCCCCCCCCCCCCCCCCCCCl. The Morgan fingerprint density at radius 1 is 0.483 bits per heavy atom. The first-order valence-corrected chi connectivity index (χ1v) is 14.2. The zero-order valence-corrected chi connectivity index (χ0v) is 21.7. The number of nitrogens with one attached hydrogen (secondary N) is 1. The lowest BCUT2D eigenvalue weighted by molar-refractivity contribution is 0.519. The lowest BCUT2D eigenvalue weighted by Gasteiger charge is -2.05. The molecule has 0 bridgehead atoms. The number of unbranched alkanes of at least 4 members (excludes halogenated alkanes) is 21. The predicted molar refractivity (Wildman–Crippen MR) is 142 cm³/mol. The highest BCUT2D eigenvalue weighted by atomic mass is 35.5. The van der Waals surface area contributed by atoms with Crippen LogP contribution in [-0.4, -0.2) is 16.7 Å². The normalized spacial score (nSPS) is 11.1. The predicted octanol–water partition coefficient (Wildman–Crippen LogP) is 9.61. The first-order chi connectivity index (χ1) is 14.3. The van der Waals surface area contributed by atoms with Gasteiger partial charge in [-0.25, -0.2) is 0 Å². The van der Waals surface area contributed by atoms with Gasteiger partial charge in [-0.05, 0) is 12.8 Å². The number of hydrogen-bond donors (Lipinski definition) is 2. The van der Waals surface area contributed by atoms with Crippen LogP contribution in [0.3, 0.4) is 0 Å². The Hall–Kier alpha value is 0.530. The third kappa shape index (κ3) is 28.5. The fourth-order valence-corrected chi connectivity index (χ4v) is 4.35. The number of thiocarbonyl (C=S) groups is 1. The second-order valence-electron chi connectivity index (χ2n) is 8.70. The standard InChI is InChI=1S/C25H50ClNS2/c26-23-21-19-17-15-13-11-9-7-5-3-1-2-4-6-8-10-12-14-16-18-20-22-24-27-25(28)29/h1-24H2,(H2,27,28,29). The largest absolute Gasteiger partial charge is 0.371 e. The van der Waals surface area contributed by atoms with Crippen LogP contribution in [0, 0.1) is 0 Å². The van der Waals surface area contributed by atoms with E-state index in [1.807, 2.05) is 0 Å². The molecule has 0 aliphatic heterocycles. The Bertz CT molecular complexity index is 326. The summed E-state index contributed by atoms with van der Waals surface area (Å²) in [7, 11) is 0. The van der Waals surface area contributed by atoms with Crippen LogP contribution in [0.4, 0.5) is 0 Å². The van der Waals surface area contributed by atoms with Crippen LogP contribution in [-0.2, 0) is 0 Å². The molecule has 4 heteroatoms. The van der Waals surface area contributed by atoms with Crippen molar-refractivity contribution in [1.82, 2.24) is 5.32 Å².